The molecule has 3 rings (SSSR count). The molecule has 0 radical (unpaired) electrons. The molecule has 1 aromatic carbocycles. The molecule has 1 fully saturated rings. The lowest BCUT2D eigenvalue weighted by Crippen LogP contribution is -2.33. The van der Waals surface area contributed by atoms with Crippen molar-refractivity contribution in [1.29, 1.82) is 0 Å². The van der Waals surface area contributed by atoms with Crippen LogP contribution in [0.3, 0.4) is 0 Å². The number of piperidine rings is 1. The zero-order valence-electron chi connectivity index (χ0n) is 12.0. The highest BCUT2D eigenvalue weighted by Gasteiger charge is 2.23. The second-order valence-electron chi connectivity index (χ2n) is 5.40. The minimum atomic E-state index is -0.875. The van der Waals surface area contributed by atoms with Crippen LogP contribution in [0.25, 0.3) is 5.69 Å². The summed E-state index contributed by atoms with van der Waals surface area (Å²) in [6.07, 6.45) is 5.09. The van der Waals surface area contributed by atoms with Crippen molar-refractivity contribution in [2.75, 3.05) is 13.1 Å². The summed E-state index contributed by atoms with van der Waals surface area (Å²) >= 11 is 0. The SMILES string of the molecule is C[C@@H](c1ncnn1-c1ccc(F)c(F)c1)N1CCCCC1. The molecule has 0 amide bonds. The Morgan fingerprint density at radius 3 is 2.57 bits per heavy atom. The van der Waals surface area contributed by atoms with E-state index >= 15 is 0 Å². The van der Waals surface area contributed by atoms with Gasteiger partial charge in [0, 0.05) is 6.07 Å². The highest BCUT2D eigenvalue weighted by atomic mass is 19.2. The van der Waals surface area contributed by atoms with Crippen LogP contribution in [0, 0.1) is 11.6 Å². The summed E-state index contributed by atoms with van der Waals surface area (Å²) in [7, 11) is 0. The average molecular weight is 292 g/mol. The van der Waals surface area contributed by atoms with E-state index in [1.165, 1.54) is 31.7 Å². The van der Waals surface area contributed by atoms with Crippen molar-refractivity contribution in [3.63, 3.8) is 0 Å². The van der Waals surface area contributed by atoms with Gasteiger partial charge >= 0.3 is 0 Å². The summed E-state index contributed by atoms with van der Waals surface area (Å²) in [5, 5.41) is 4.16. The standard InChI is InChI=1S/C15H18F2N4/c1-11(20-7-3-2-4-8-20)15-18-10-19-21(15)12-5-6-13(16)14(17)9-12/h5-6,9-11H,2-4,7-8H2,1H3/t11-/m0/s1. The molecule has 112 valence electrons. The molecule has 0 saturated carbocycles. The van der Waals surface area contributed by atoms with Gasteiger partial charge < -0.3 is 0 Å². The molecule has 0 spiro atoms. The predicted octanol–water partition coefficient (Wildman–Crippen LogP) is 3.09. The number of benzene rings is 1. The highest BCUT2D eigenvalue weighted by molar-refractivity contribution is 5.32. The van der Waals surface area contributed by atoms with E-state index in [-0.39, 0.29) is 6.04 Å². The van der Waals surface area contributed by atoms with E-state index < -0.39 is 11.6 Å². The van der Waals surface area contributed by atoms with E-state index in [0.717, 1.165) is 31.0 Å². The van der Waals surface area contributed by atoms with E-state index in [1.807, 2.05) is 0 Å². The first-order chi connectivity index (χ1) is 10.2. The van der Waals surface area contributed by atoms with Gasteiger partial charge in [-0.25, -0.2) is 18.4 Å². The van der Waals surface area contributed by atoms with Gasteiger partial charge in [-0.2, -0.15) is 5.10 Å². The van der Waals surface area contributed by atoms with E-state index in [2.05, 4.69) is 21.9 Å². The molecular weight excluding hydrogens is 274 g/mol. The van der Waals surface area contributed by atoms with Crippen LogP contribution >= 0.6 is 0 Å². The lowest BCUT2D eigenvalue weighted by molar-refractivity contribution is 0.167. The molecule has 0 N–H and O–H groups in total. The molecule has 1 aliphatic rings. The molecule has 0 bridgehead atoms. The fourth-order valence-corrected chi connectivity index (χ4v) is 2.82. The first-order valence-corrected chi connectivity index (χ1v) is 7.26. The molecule has 1 aromatic heterocycles. The Morgan fingerprint density at radius 2 is 1.86 bits per heavy atom. The fourth-order valence-electron chi connectivity index (χ4n) is 2.82. The number of hydrogen-bond donors (Lipinski definition) is 0. The summed E-state index contributed by atoms with van der Waals surface area (Å²) in [5.74, 6) is -0.980. The minimum absolute atomic E-state index is 0.0981. The smallest absolute Gasteiger partial charge is 0.160 e. The van der Waals surface area contributed by atoms with Crippen LogP contribution in [-0.4, -0.2) is 32.8 Å². The number of rotatable bonds is 3. The largest absolute Gasteiger partial charge is 0.294 e. The van der Waals surface area contributed by atoms with E-state index in [1.54, 1.807) is 4.68 Å². The number of aromatic nitrogens is 3. The summed E-state index contributed by atoms with van der Waals surface area (Å²) in [4.78, 5) is 6.66. The first kappa shape index (κ1) is 14.1. The van der Waals surface area contributed by atoms with Gasteiger partial charge in [-0.3, -0.25) is 4.90 Å². The topological polar surface area (TPSA) is 34.0 Å². The molecule has 4 nitrogen and oxygen atoms in total. The predicted molar refractivity (Wildman–Crippen MR) is 75.1 cm³/mol. The maximum Gasteiger partial charge on any atom is 0.160 e. The van der Waals surface area contributed by atoms with Gasteiger partial charge in [0.2, 0.25) is 0 Å². The second kappa shape index (κ2) is 5.89. The van der Waals surface area contributed by atoms with Crippen molar-refractivity contribution in [1.82, 2.24) is 19.7 Å². The molecule has 21 heavy (non-hydrogen) atoms. The third-order valence-electron chi connectivity index (χ3n) is 4.03. The van der Waals surface area contributed by atoms with Crippen LogP contribution in [-0.2, 0) is 0 Å². The molecule has 2 heterocycles. The van der Waals surface area contributed by atoms with Crippen LogP contribution in [0.15, 0.2) is 24.5 Å². The maximum absolute atomic E-state index is 13.4. The molecule has 6 heteroatoms. The molecule has 0 unspecified atom stereocenters. The van der Waals surface area contributed by atoms with Gasteiger partial charge in [-0.05, 0) is 45.0 Å². The van der Waals surface area contributed by atoms with Crippen molar-refractivity contribution in [3.8, 4) is 5.69 Å². The number of likely N-dealkylation sites (tertiary alicyclic amines) is 1. The highest BCUT2D eigenvalue weighted by Crippen LogP contribution is 2.24. The van der Waals surface area contributed by atoms with Crippen molar-refractivity contribution < 1.29 is 8.78 Å². The van der Waals surface area contributed by atoms with Crippen molar-refractivity contribution in [2.24, 2.45) is 0 Å². The van der Waals surface area contributed by atoms with Gasteiger partial charge in [-0.15, -0.1) is 0 Å². The molecule has 1 atom stereocenters. The van der Waals surface area contributed by atoms with Crippen LogP contribution in [0.5, 0.6) is 0 Å². The molecule has 2 aromatic rings. The van der Waals surface area contributed by atoms with E-state index in [0.29, 0.717) is 5.69 Å². The summed E-state index contributed by atoms with van der Waals surface area (Å²) in [6.45, 7) is 4.14. The summed E-state index contributed by atoms with van der Waals surface area (Å²) in [6, 6.07) is 3.87. The number of halogens is 2. The fraction of sp³-hybridized carbons (Fsp3) is 0.467. The van der Waals surface area contributed by atoms with Gasteiger partial charge in [-0.1, -0.05) is 6.42 Å². The second-order valence-corrected chi connectivity index (χ2v) is 5.40. The lowest BCUT2D eigenvalue weighted by atomic mass is 10.1. The third-order valence-corrected chi connectivity index (χ3v) is 4.03. The Morgan fingerprint density at radius 1 is 1.10 bits per heavy atom. The van der Waals surface area contributed by atoms with Gasteiger partial charge in [0.1, 0.15) is 12.2 Å². The van der Waals surface area contributed by atoms with Crippen LogP contribution in [0.4, 0.5) is 8.78 Å². The normalized spacial score (nSPS) is 17.9. The molecule has 0 aliphatic carbocycles. The number of hydrogen-bond acceptors (Lipinski definition) is 3. The van der Waals surface area contributed by atoms with Gasteiger partial charge in [0.05, 0.1) is 11.7 Å². The zero-order valence-corrected chi connectivity index (χ0v) is 12.0. The average Bonchev–Trinajstić information content (AvgIpc) is 2.99. The van der Waals surface area contributed by atoms with Crippen LogP contribution in [0.2, 0.25) is 0 Å². The van der Waals surface area contributed by atoms with Gasteiger partial charge in [0.15, 0.2) is 11.6 Å². The molecule has 1 saturated heterocycles. The molecular formula is C15H18F2N4. The maximum atomic E-state index is 13.4. The summed E-state index contributed by atoms with van der Waals surface area (Å²) < 4.78 is 28.1. The van der Waals surface area contributed by atoms with Crippen LogP contribution < -0.4 is 0 Å². The Hall–Kier alpha value is -1.82. The van der Waals surface area contributed by atoms with Crippen molar-refractivity contribution >= 4 is 0 Å². The van der Waals surface area contributed by atoms with Crippen LogP contribution in [0.1, 0.15) is 38.1 Å². The van der Waals surface area contributed by atoms with Crippen molar-refractivity contribution in [3.05, 3.63) is 42.0 Å². The lowest BCUT2D eigenvalue weighted by Gasteiger charge is -2.31. The zero-order chi connectivity index (χ0) is 14.8. The van der Waals surface area contributed by atoms with E-state index in [4.69, 9.17) is 0 Å². The Kier molecular flexibility index (Phi) is 3.96. The molecule has 1 aliphatic heterocycles. The monoisotopic (exact) mass is 292 g/mol. The minimum Gasteiger partial charge on any atom is -0.294 e. The van der Waals surface area contributed by atoms with E-state index in [9.17, 15) is 8.78 Å². The summed E-state index contributed by atoms with van der Waals surface area (Å²) in [5.41, 5.74) is 0.491. The van der Waals surface area contributed by atoms with Gasteiger partial charge in [0.25, 0.3) is 0 Å². The Labute approximate surface area is 122 Å². The Balaban J connectivity index is 1.90. The third kappa shape index (κ3) is 2.81. The quantitative estimate of drug-likeness (QED) is 0.871. The van der Waals surface area contributed by atoms with Crippen molar-refractivity contribution in [2.45, 2.75) is 32.2 Å². The first-order valence-electron chi connectivity index (χ1n) is 7.26. The Bertz CT molecular complexity index is 620. The number of nitrogens with zero attached hydrogens (tertiary/aromatic N) is 4.